The number of hydrogen-bond donors (Lipinski definition) is 1. The molecule has 5 heteroatoms. The Balaban J connectivity index is 2.52. The quantitative estimate of drug-likeness (QED) is 0.629. The summed E-state index contributed by atoms with van der Waals surface area (Å²) in [7, 11) is 1.36. The first-order valence-corrected chi connectivity index (χ1v) is 5.46. The fraction of sp³-hybridized carbons (Fsp3) is 0.308. The van der Waals surface area contributed by atoms with Gasteiger partial charge in [0.15, 0.2) is 0 Å². The van der Waals surface area contributed by atoms with Crippen LogP contribution in [0, 0.1) is 22.7 Å². The third kappa shape index (κ3) is 3.80. The lowest BCUT2D eigenvalue weighted by Gasteiger charge is -2.06. The third-order valence-electron chi connectivity index (χ3n) is 2.37. The van der Waals surface area contributed by atoms with Crippen LogP contribution in [-0.4, -0.2) is 19.6 Å². The molecule has 1 rings (SSSR count). The maximum absolute atomic E-state index is 10.9. The van der Waals surface area contributed by atoms with Crippen LogP contribution < -0.4 is 5.32 Å². The zero-order valence-electron chi connectivity index (χ0n) is 10.1. The number of anilines is 1. The fourth-order valence-corrected chi connectivity index (χ4v) is 1.41. The van der Waals surface area contributed by atoms with Crippen LogP contribution in [0.4, 0.5) is 5.69 Å². The zero-order valence-corrected chi connectivity index (χ0v) is 10.1. The lowest BCUT2D eigenvalue weighted by molar-refractivity contribution is -0.140. The molecule has 0 radical (unpaired) electrons. The molecular formula is C13H13N3O2. The minimum Gasteiger partial charge on any atom is -0.469 e. The molecule has 0 unspecified atom stereocenters. The molecule has 0 saturated heterocycles. The summed E-state index contributed by atoms with van der Waals surface area (Å²) in [6, 6.07) is 8.87. The maximum Gasteiger partial charge on any atom is 0.305 e. The van der Waals surface area contributed by atoms with Crippen LogP contribution in [0.3, 0.4) is 0 Å². The van der Waals surface area contributed by atoms with Gasteiger partial charge in [-0.05, 0) is 24.6 Å². The molecule has 0 fully saturated rings. The van der Waals surface area contributed by atoms with E-state index >= 15 is 0 Å². The van der Waals surface area contributed by atoms with Crippen molar-refractivity contribution in [3.63, 3.8) is 0 Å². The molecule has 1 aromatic rings. The molecule has 5 nitrogen and oxygen atoms in total. The first-order valence-electron chi connectivity index (χ1n) is 5.46. The monoisotopic (exact) mass is 243 g/mol. The zero-order chi connectivity index (χ0) is 13.4. The van der Waals surface area contributed by atoms with Crippen molar-refractivity contribution in [3.8, 4) is 12.1 Å². The van der Waals surface area contributed by atoms with Crippen LogP contribution in [0.2, 0.25) is 0 Å². The molecule has 0 saturated carbocycles. The van der Waals surface area contributed by atoms with Gasteiger partial charge in [0.1, 0.15) is 12.1 Å². The molecule has 0 spiro atoms. The average molecular weight is 243 g/mol. The molecule has 0 aromatic heterocycles. The summed E-state index contributed by atoms with van der Waals surface area (Å²) in [6.07, 6.45) is 0.999. The Hall–Kier alpha value is -2.53. The lowest BCUT2D eigenvalue weighted by atomic mass is 10.1. The summed E-state index contributed by atoms with van der Waals surface area (Å²) in [5.74, 6) is -0.241. The molecule has 0 amide bonds. The van der Waals surface area contributed by atoms with Gasteiger partial charge in [-0.25, -0.2) is 0 Å². The van der Waals surface area contributed by atoms with E-state index in [4.69, 9.17) is 10.5 Å². The highest BCUT2D eigenvalue weighted by Gasteiger charge is 2.03. The van der Waals surface area contributed by atoms with Crippen molar-refractivity contribution in [2.24, 2.45) is 0 Å². The van der Waals surface area contributed by atoms with Gasteiger partial charge in [-0.15, -0.1) is 0 Å². The van der Waals surface area contributed by atoms with Crippen LogP contribution in [0.1, 0.15) is 24.0 Å². The SMILES string of the molecule is COC(=O)CCCNc1ccc(C#N)c(C#N)c1. The Morgan fingerprint density at radius 2 is 2.06 bits per heavy atom. The molecule has 18 heavy (non-hydrogen) atoms. The Labute approximate surface area is 106 Å². The topological polar surface area (TPSA) is 85.9 Å². The highest BCUT2D eigenvalue weighted by molar-refractivity contribution is 5.69. The van der Waals surface area contributed by atoms with Crippen molar-refractivity contribution in [2.75, 3.05) is 19.0 Å². The predicted molar refractivity (Wildman–Crippen MR) is 65.6 cm³/mol. The number of carbonyl (C=O) groups is 1. The van der Waals surface area contributed by atoms with Crippen molar-refractivity contribution >= 4 is 11.7 Å². The number of rotatable bonds is 5. The number of nitrogens with one attached hydrogen (secondary N) is 1. The molecule has 0 atom stereocenters. The van der Waals surface area contributed by atoms with Crippen molar-refractivity contribution in [1.82, 2.24) is 0 Å². The highest BCUT2D eigenvalue weighted by atomic mass is 16.5. The number of carbonyl (C=O) groups excluding carboxylic acids is 1. The molecule has 1 N–H and O–H groups in total. The minimum atomic E-state index is -0.241. The van der Waals surface area contributed by atoms with Gasteiger partial charge in [0.25, 0.3) is 0 Å². The van der Waals surface area contributed by atoms with E-state index in [1.165, 1.54) is 7.11 Å². The van der Waals surface area contributed by atoms with E-state index in [0.717, 1.165) is 5.69 Å². The second kappa shape index (κ2) is 6.93. The van der Waals surface area contributed by atoms with Gasteiger partial charge >= 0.3 is 5.97 Å². The summed E-state index contributed by atoms with van der Waals surface area (Å²) in [5.41, 5.74) is 1.46. The van der Waals surface area contributed by atoms with Gasteiger partial charge in [-0.3, -0.25) is 4.79 Å². The summed E-state index contributed by atoms with van der Waals surface area (Å²) < 4.78 is 4.52. The normalized spacial score (nSPS) is 9.06. The number of hydrogen-bond acceptors (Lipinski definition) is 5. The van der Waals surface area contributed by atoms with Crippen molar-refractivity contribution < 1.29 is 9.53 Å². The Bertz CT molecular complexity index is 512. The Morgan fingerprint density at radius 1 is 1.33 bits per heavy atom. The van der Waals surface area contributed by atoms with E-state index in [9.17, 15) is 4.79 Å². The van der Waals surface area contributed by atoms with E-state index in [0.29, 0.717) is 30.5 Å². The maximum atomic E-state index is 10.9. The second-order valence-electron chi connectivity index (χ2n) is 3.59. The van der Waals surface area contributed by atoms with Gasteiger partial charge in [-0.1, -0.05) is 0 Å². The number of esters is 1. The van der Waals surface area contributed by atoms with Gasteiger partial charge in [-0.2, -0.15) is 10.5 Å². The smallest absolute Gasteiger partial charge is 0.305 e. The number of nitrogens with zero attached hydrogens (tertiary/aromatic N) is 2. The van der Waals surface area contributed by atoms with Crippen molar-refractivity contribution in [2.45, 2.75) is 12.8 Å². The average Bonchev–Trinajstić information content (AvgIpc) is 2.42. The number of benzene rings is 1. The summed E-state index contributed by atoms with van der Waals surface area (Å²) in [6.45, 7) is 0.603. The summed E-state index contributed by atoms with van der Waals surface area (Å²) >= 11 is 0. The first-order chi connectivity index (χ1) is 8.71. The second-order valence-corrected chi connectivity index (χ2v) is 3.59. The van der Waals surface area contributed by atoms with Gasteiger partial charge in [0.2, 0.25) is 0 Å². The highest BCUT2D eigenvalue weighted by Crippen LogP contribution is 2.14. The van der Waals surface area contributed by atoms with Crippen LogP contribution >= 0.6 is 0 Å². The van der Waals surface area contributed by atoms with E-state index < -0.39 is 0 Å². The Kier molecular flexibility index (Phi) is 5.21. The molecule has 0 bridgehead atoms. The first kappa shape index (κ1) is 13.5. The van der Waals surface area contributed by atoms with E-state index in [2.05, 4.69) is 10.1 Å². The van der Waals surface area contributed by atoms with Gasteiger partial charge < -0.3 is 10.1 Å². The van der Waals surface area contributed by atoms with Crippen LogP contribution in [0.25, 0.3) is 0 Å². The van der Waals surface area contributed by atoms with Gasteiger partial charge in [0, 0.05) is 18.7 Å². The molecule has 92 valence electrons. The molecule has 0 heterocycles. The standard InChI is InChI=1S/C13H13N3O2/c1-18-13(17)3-2-6-16-12-5-4-10(8-14)11(7-12)9-15/h4-5,7,16H,2-3,6H2,1H3. The van der Waals surface area contributed by atoms with Crippen LogP contribution in [0.15, 0.2) is 18.2 Å². The number of methoxy groups -OCH3 is 1. The molecule has 1 aromatic carbocycles. The molecule has 0 aliphatic carbocycles. The molecule has 0 aliphatic heterocycles. The van der Waals surface area contributed by atoms with Crippen molar-refractivity contribution in [3.05, 3.63) is 29.3 Å². The van der Waals surface area contributed by atoms with Crippen LogP contribution in [-0.2, 0) is 9.53 Å². The van der Waals surface area contributed by atoms with Gasteiger partial charge in [0.05, 0.1) is 18.2 Å². The fourth-order valence-electron chi connectivity index (χ4n) is 1.41. The molecular weight excluding hydrogens is 230 g/mol. The van der Waals surface area contributed by atoms with E-state index in [1.807, 2.05) is 12.1 Å². The van der Waals surface area contributed by atoms with E-state index in [1.54, 1.807) is 18.2 Å². The summed E-state index contributed by atoms with van der Waals surface area (Å²) in [5, 5.41) is 20.7. The number of nitriles is 2. The molecule has 0 aliphatic rings. The van der Waals surface area contributed by atoms with E-state index in [-0.39, 0.29) is 5.97 Å². The largest absolute Gasteiger partial charge is 0.469 e. The lowest BCUT2D eigenvalue weighted by Crippen LogP contribution is -2.06. The number of ether oxygens (including phenoxy) is 1. The predicted octanol–water partition coefficient (Wildman–Crippen LogP) is 1.80. The van der Waals surface area contributed by atoms with Crippen molar-refractivity contribution in [1.29, 1.82) is 10.5 Å². The third-order valence-corrected chi connectivity index (χ3v) is 2.37. The minimum absolute atomic E-state index is 0.241. The van der Waals surface area contributed by atoms with Crippen LogP contribution in [0.5, 0.6) is 0 Å². The Morgan fingerprint density at radius 3 is 2.67 bits per heavy atom. The summed E-state index contributed by atoms with van der Waals surface area (Å²) in [4.78, 5) is 10.9.